The number of oxime groups is 1. The van der Waals surface area contributed by atoms with E-state index in [1.165, 1.54) is 5.01 Å². The first-order chi connectivity index (χ1) is 12.8. The second kappa shape index (κ2) is 7.80. The van der Waals surface area contributed by atoms with Gasteiger partial charge in [-0.1, -0.05) is 55.8 Å². The maximum absolute atomic E-state index is 13.2. The van der Waals surface area contributed by atoms with Gasteiger partial charge in [0.05, 0.1) is 5.71 Å². The Hall–Kier alpha value is -2.21. The van der Waals surface area contributed by atoms with Gasteiger partial charge in [-0.25, -0.2) is 10.0 Å². The van der Waals surface area contributed by atoms with Crippen molar-refractivity contribution in [3.8, 4) is 0 Å². The first-order valence-corrected chi connectivity index (χ1v) is 9.76. The van der Waals surface area contributed by atoms with Gasteiger partial charge in [0.2, 0.25) is 12.0 Å². The number of imide groups is 1. The van der Waals surface area contributed by atoms with Crippen molar-refractivity contribution >= 4 is 17.5 Å². The fourth-order valence-corrected chi connectivity index (χ4v) is 3.71. The first kappa shape index (κ1) is 19.5. The highest BCUT2D eigenvalue weighted by Crippen LogP contribution is 2.34. The van der Waals surface area contributed by atoms with Gasteiger partial charge in [-0.3, -0.25) is 9.59 Å². The van der Waals surface area contributed by atoms with Gasteiger partial charge < -0.3 is 4.84 Å². The Morgan fingerprint density at radius 1 is 1.30 bits per heavy atom. The summed E-state index contributed by atoms with van der Waals surface area (Å²) in [5, 5.41) is 7.30. The van der Waals surface area contributed by atoms with Crippen LogP contribution in [0.5, 0.6) is 0 Å². The van der Waals surface area contributed by atoms with Crippen LogP contribution in [0.1, 0.15) is 58.9 Å². The number of amides is 2. The minimum Gasteiger partial charge on any atom is -0.382 e. The van der Waals surface area contributed by atoms with E-state index in [1.54, 1.807) is 0 Å². The normalized spacial score (nSPS) is 24.8. The second-order valence-corrected chi connectivity index (χ2v) is 8.08. The molecule has 27 heavy (non-hydrogen) atoms. The third-order valence-corrected chi connectivity index (χ3v) is 5.44. The van der Waals surface area contributed by atoms with Crippen molar-refractivity contribution < 1.29 is 14.4 Å². The molecule has 2 aliphatic heterocycles. The van der Waals surface area contributed by atoms with Crippen molar-refractivity contribution in [2.45, 2.75) is 71.6 Å². The van der Waals surface area contributed by atoms with Crippen LogP contribution in [0.3, 0.4) is 0 Å². The number of carbonyl (C=O) groups excluding carboxylic acids is 2. The molecule has 2 aliphatic rings. The summed E-state index contributed by atoms with van der Waals surface area (Å²) in [6.07, 6.45) is 2.48. The quantitative estimate of drug-likeness (QED) is 0.718. The van der Waals surface area contributed by atoms with E-state index >= 15 is 0 Å². The Morgan fingerprint density at radius 3 is 2.67 bits per heavy atom. The molecule has 0 bridgehead atoms. The minimum atomic E-state index is -0.729. The molecule has 0 aliphatic carbocycles. The summed E-state index contributed by atoms with van der Waals surface area (Å²) in [6.45, 7) is 8.55. The van der Waals surface area contributed by atoms with Gasteiger partial charge in [0, 0.05) is 24.4 Å². The topological polar surface area (TPSA) is 62.2 Å². The van der Waals surface area contributed by atoms with Crippen LogP contribution in [0, 0.1) is 5.92 Å². The molecule has 1 aromatic carbocycles. The van der Waals surface area contributed by atoms with Crippen LogP contribution >= 0.6 is 0 Å². The highest BCUT2D eigenvalue weighted by molar-refractivity contribution is 6.02. The molecular formula is C21H29N3O3. The van der Waals surface area contributed by atoms with Gasteiger partial charge in [-0.2, -0.15) is 0 Å². The highest BCUT2D eigenvalue weighted by atomic mass is 16.6. The molecule has 1 aromatic rings. The molecule has 2 atom stereocenters. The van der Waals surface area contributed by atoms with E-state index in [4.69, 9.17) is 4.84 Å². The number of rotatable bonds is 6. The van der Waals surface area contributed by atoms with Crippen LogP contribution in [-0.4, -0.2) is 39.2 Å². The largest absolute Gasteiger partial charge is 0.382 e. The molecule has 0 aromatic heterocycles. The molecule has 0 saturated carbocycles. The number of hydrogen-bond acceptors (Lipinski definition) is 5. The Morgan fingerprint density at radius 2 is 2.00 bits per heavy atom. The molecule has 2 amide bonds. The molecule has 0 spiro atoms. The maximum Gasteiger partial charge on any atom is 0.288 e. The minimum absolute atomic E-state index is 0.112. The zero-order valence-corrected chi connectivity index (χ0v) is 16.6. The van der Waals surface area contributed by atoms with E-state index in [1.807, 2.05) is 56.1 Å². The fraction of sp³-hybridized carbons (Fsp3) is 0.571. The van der Waals surface area contributed by atoms with Crippen LogP contribution in [0.15, 0.2) is 35.5 Å². The molecule has 0 N–H and O–H groups in total. The van der Waals surface area contributed by atoms with Gasteiger partial charge in [-0.05, 0) is 32.3 Å². The SMILES string of the molecule is CCCCC1=NO[C@H](C(=O)N2C(=O)CC(C)(C)N2Cc2ccccc2)[C@H]1C. The van der Waals surface area contributed by atoms with E-state index in [2.05, 4.69) is 12.1 Å². The molecule has 2 heterocycles. The zero-order valence-electron chi connectivity index (χ0n) is 16.6. The van der Waals surface area contributed by atoms with Crippen molar-refractivity contribution in [2.75, 3.05) is 0 Å². The number of unbranched alkanes of at least 4 members (excludes halogenated alkanes) is 1. The van der Waals surface area contributed by atoms with Crippen molar-refractivity contribution in [2.24, 2.45) is 11.1 Å². The molecule has 1 fully saturated rings. The lowest BCUT2D eigenvalue weighted by Crippen LogP contribution is -2.53. The summed E-state index contributed by atoms with van der Waals surface area (Å²) < 4.78 is 0. The number of hydrazine groups is 1. The molecule has 146 valence electrons. The summed E-state index contributed by atoms with van der Waals surface area (Å²) in [5.41, 5.74) is 1.53. The number of nitrogens with zero attached hydrogens (tertiary/aromatic N) is 3. The van der Waals surface area contributed by atoms with Crippen molar-refractivity contribution in [1.29, 1.82) is 0 Å². The number of benzene rings is 1. The van der Waals surface area contributed by atoms with Gasteiger partial charge in [0.25, 0.3) is 5.91 Å². The molecule has 0 unspecified atom stereocenters. The summed E-state index contributed by atoms with van der Waals surface area (Å²) >= 11 is 0. The van der Waals surface area contributed by atoms with E-state index in [9.17, 15) is 9.59 Å². The van der Waals surface area contributed by atoms with Crippen molar-refractivity contribution in [3.63, 3.8) is 0 Å². The summed E-state index contributed by atoms with van der Waals surface area (Å²) in [4.78, 5) is 31.4. The van der Waals surface area contributed by atoms with Gasteiger partial charge >= 0.3 is 0 Å². The van der Waals surface area contributed by atoms with Gasteiger partial charge in [0.15, 0.2) is 0 Å². The predicted molar refractivity (Wildman–Crippen MR) is 104 cm³/mol. The number of carbonyl (C=O) groups is 2. The number of hydrogen-bond donors (Lipinski definition) is 0. The smallest absolute Gasteiger partial charge is 0.288 e. The Labute approximate surface area is 161 Å². The molecular weight excluding hydrogens is 342 g/mol. The Kier molecular flexibility index (Phi) is 5.65. The lowest BCUT2D eigenvalue weighted by atomic mass is 9.95. The fourth-order valence-electron chi connectivity index (χ4n) is 3.71. The maximum atomic E-state index is 13.2. The standard InChI is InChI=1S/C21H29N3O3/c1-5-6-12-17-15(2)19(27-22-17)20(26)24-18(25)13-21(3,4)23(24)14-16-10-8-7-9-11-16/h7-11,15,19H,5-6,12-14H2,1-4H3/t15-,19-/m0/s1. The summed E-state index contributed by atoms with van der Waals surface area (Å²) in [5.74, 6) is -0.609. The lowest BCUT2D eigenvalue weighted by Gasteiger charge is -2.36. The van der Waals surface area contributed by atoms with E-state index in [0.29, 0.717) is 13.0 Å². The van der Waals surface area contributed by atoms with Gasteiger partial charge in [-0.15, -0.1) is 0 Å². The lowest BCUT2D eigenvalue weighted by molar-refractivity contribution is -0.170. The highest BCUT2D eigenvalue weighted by Gasteiger charge is 2.50. The Bertz CT molecular complexity index is 729. The monoisotopic (exact) mass is 371 g/mol. The first-order valence-electron chi connectivity index (χ1n) is 9.76. The third-order valence-electron chi connectivity index (χ3n) is 5.44. The summed E-state index contributed by atoms with van der Waals surface area (Å²) in [7, 11) is 0. The second-order valence-electron chi connectivity index (χ2n) is 8.08. The van der Waals surface area contributed by atoms with Crippen LogP contribution in [-0.2, 0) is 21.0 Å². The van der Waals surface area contributed by atoms with E-state index in [-0.39, 0.29) is 17.7 Å². The van der Waals surface area contributed by atoms with Crippen LogP contribution < -0.4 is 0 Å². The summed E-state index contributed by atoms with van der Waals surface area (Å²) in [6, 6.07) is 9.88. The zero-order chi connectivity index (χ0) is 19.6. The molecule has 0 radical (unpaired) electrons. The van der Waals surface area contributed by atoms with Crippen molar-refractivity contribution in [3.05, 3.63) is 35.9 Å². The van der Waals surface area contributed by atoms with Crippen LogP contribution in [0.25, 0.3) is 0 Å². The Balaban J connectivity index is 1.78. The van der Waals surface area contributed by atoms with Gasteiger partial charge in [0.1, 0.15) is 0 Å². The molecule has 3 rings (SSSR count). The average Bonchev–Trinajstić information content (AvgIpc) is 3.10. The average molecular weight is 371 g/mol. The van der Waals surface area contributed by atoms with E-state index < -0.39 is 11.6 Å². The van der Waals surface area contributed by atoms with E-state index in [0.717, 1.165) is 30.5 Å². The molecule has 6 nitrogen and oxygen atoms in total. The molecule has 6 heteroatoms. The van der Waals surface area contributed by atoms with Crippen molar-refractivity contribution in [1.82, 2.24) is 10.0 Å². The molecule has 1 saturated heterocycles. The van der Waals surface area contributed by atoms with Crippen LogP contribution in [0.4, 0.5) is 0 Å². The predicted octanol–water partition coefficient (Wildman–Crippen LogP) is 3.52. The van der Waals surface area contributed by atoms with Crippen LogP contribution in [0.2, 0.25) is 0 Å². The third kappa shape index (κ3) is 3.90.